The number of tetrazole rings is 1. The lowest BCUT2D eigenvalue weighted by atomic mass is 10.0. The number of benzene rings is 1. The minimum atomic E-state index is 0.290. The summed E-state index contributed by atoms with van der Waals surface area (Å²) in [4.78, 5) is 0. The van der Waals surface area contributed by atoms with Gasteiger partial charge in [0.05, 0.1) is 6.54 Å². The van der Waals surface area contributed by atoms with Crippen LogP contribution in [0.15, 0.2) is 18.2 Å². The first-order valence-electron chi connectivity index (χ1n) is 7.25. The van der Waals surface area contributed by atoms with Crippen LogP contribution in [0.25, 0.3) is 11.4 Å². The highest BCUT2D eigenvalue weighted by Crippen LogP contribution is 2.50. The molecule has 0 bridgehead atoms. The fourth-order valence-corrected chi connectivity index (χ4v) is 2.67. The maximum Gasteiger partial charge on any atom is 0.184 e. The van der Waals surface area contributed by atoms with Crippen LogP contribution in [0.4, 0.5) is 5.69 Å². The maximum atomic E-state index is 6.08. The molecule has 1 aliphatic rings. The van der Waals surface area contributed by atoms with Gasteiger partial charge < -0.3 is 10.5 Å². The fraction of sp³-hybridized carbons (Fsp3) is 0.533. The summed E-state index contributed by atoms with van der Waals surface area (Å²) in [5.41, 5.74) is 9.13. The van der Waals surface area contributed by atoms with Crippen molar-refractivity contribution in [2.24, 2.45) is 5.41 Å². The molecule has 0 radical (unpaired) electrons. The molecule has 0 atom stereocenters. The number of aryl methyl sites for hydroxylation is 1. The number of hydrogen-bond donors (Lipinski definition) is 1. The predicted octanol–water partition coefficient (Wildman–Crippen LogP) is 2.05. The maximum absolute atomic E-state index is 6.08. The van der Waals surface area contributed by atoms with Gasteiger partial charge in [-0.3, -0.25) is 0 Å². The molecular weight excluding hydrogens is 266 g/mol. The molecule has 1 saturated carbocycles. The first kappa shape index (κ1) is 14.0. The normalized spacial score (nSPS) is 16.1. The van der Waals surface area contributed by atoms with Gasteiger partial charge in [0.25, 0.3) is 0 Å². The van der Waals surface area contributed by atoms with Crippen LogP contribution in [0.3, 0.4) is 0 Å². The van der Waals surface area contributed by atoms with Crippen molar-refractivity contribution in [2.75, 3.05) is 19.5 Å². The lowest BCUT2D eigenvalue weighted by molar-refractivity contribution is 0.165. The van der Waals surface area contributed by atoms with Crippen LogP contribution in [-0.2, 0) is 11.3 Å². The Bertz CT molecular complexity index is 633. The molecule has 6 nitrogen and oxygen atoms in total. The lowest BCUT2D eigenvalue weighted by Crippen LogP contribution is -2.16. The molecule has 112 valence electrons. The molecule has 1 aliphatic carbocycles. The molecule has 0 aliphatic heterocycles. The van der Waals surface area contributed by atoms with Crippen molar-refractivity contribution in [1.29, 1.82) is 0 Å². The van der Waals surface area contributed by atoms with Gasteiger partial charge in [0.1, 0.15) is 0 Å². The molecule has 0 saturated heterocycles. The summed E-state index contributed by atoms with van der Waals surface area (Å²) < 4.78 is 7.09. The summed E-state index contributed by atoms with van der Waals surface area (Å²) >= 11 is 0. The number of hydrogen-bond acceptors (Lipinski definition) is 5. The Morgan fingerprint density at radius 3 is 2.90 bits per heavy atom. The van der Waals surface area contributed by atoms with E-state index in [9.17, 15) is 0 Å². The smallest absolute Gasteiger partial charge is 0.184 e. The quantitative estimate of drug-likeness (QED) is 0.823. The third kappa shape index (κ3) is 2.90. The molecule has 3 rings (SSSR count). The highest BCUT2D eigenvalue weighted by Gasteiger charge is 2.43. The second-order valence-electron chi connectivity index (χ2n) is 5.99. The summed E-state index contributed by atoms with van der Waals surface area (Å²) in [5.74, 6) is 0.750. The Morgan fingerprint density at radius 2 is 2.19 bits per heavy atom. The van der Waals surface area contributed by atoms with E-state index in [0.29, 0.717) is 11.1 Å². The molecule has 1 aromatic heterocycles. The highest BCUT2D eigenvalue weighted by molar-refractivity contribution is 5.72. The van der Waals surface area contributed by atoms with Crippen LogP contribution >= 0.6 is 0 Å². The molecule has 1 fully saturated rings. The molecule has 2 N–H and O–H groups in total. The van der Waals surface area contributed by atoms with E-state index >= 15 is 0 Å². The summed E-state index contributed by atoms with van der Waals surface area (Å²) in [7, 11) is 1.74. The first-order valence-corrected chi connectivity index (χ1v) is 7.25. The van der Waals surface area contributed by atoms with Crippen LogP contribution in [0, 0.1) is 12.3 Å². The molecule has 1 aromatic carbocycles. The van der Waals surface area contributed by atoms with Crippen molar-refractivity contribution in [2.45, 2.75) is 32.7 Å². The van der Waals surface area contributed by atoms with Gasteiger partial charge >= 0.3 is 0 Å². The summed E-state index contributed by atoms with van der Waals surface area (Å²) in [5, 5.41) is 12.2. The van der Waals surface area contributed by atoms with E-state index in [-0.39, 0.29) is 0 Å². The summed E-state index contributed by atoms with van der Waals surface area (Å²) in [6, 6.07) is 5.93. The van der Waals surface area contributed by atoms with Gasteiger partial charge in [-0.05, 0) is 54.2 Å². The number of nitrogen functional groups attached to an aromatic ring is 1. The zero-order chi connectivity index (χ0) is 14.9. The third-order valence-corrected chi connectivity index (χ3v) is 4.26. The van der Waals surface area contributed by atoms with Crippen molar-refractivity contribution >= 4 is 5.69 Å². The van der Waals surface area contributed by atoms with Crippen molar-refractivity contribution in [3.8, 4) is 11.4 Å². The predicted molar refractivity (Wildman–Crippen MR) is 80.6 cm³/mol. The number of rotatable bonds is 6. The minimum absolute atomic E-state index is 0.290. The highest BCUT2D eigenvalue weighted by atomic mass is 16.5. The molecule has 21 heavy (non-hydrogen) atoms. The van der Waals surface area contributed by atoms with Gasteiger partial charge in [-0.15, -0.1) is 5.10 Å². The van der Waals surface area contributed by atoms with Crippen LogP contribution < -0.4 is 5.73 Å². The number of nitrogens with two attached hydrogens (primary N) is 1. The number of ether oxygens (including phenoxy) is 1. The van der Waals surface area contributed by atoms with Crippen LogP contribution in [0.1, 0.15) is 24.8 Å². The zero-order valence-corrected chi connectivity index (χ0v) is 12.5. The zero-order valence-electron chi connectivity index (χ0n) is 12.5. The Balaban J connectivity index is 1.86. The SMILES string of the molecule is COCCC1(Cn2nnnc2-c2cc(C)ccc2N)CC1. The fourth-order valence-electron chi connectivity index (χ4n) is 2.67. The molecule has 0 amide bonds. The largest absolute Gasteiger partial charge is 0.398 e. The van der Waals surface area contributed by atoms with Crippen molar-refractivity contribution in [3.05, 3.63) is 23.8 Å². The van der Waals surface area contributed by atoms with Gasteiger partial charge in [-0.1, -0.05) is 11.6 Å². The number of nitrogens with zero attached hydrogens (tertiary/aromatic N) is 4. The standard InChI is InChI=1S/C15H21N5O/c1-11-3-4-13(16)12(9-11)14-17-18-19-20(14)10-15(5-6-15)7-8-21-2/h3-4,9H,5-8,10,16H2,1-2H3. The monoisotopic (exact) mass is 287 g/mol. The van der Waals surface area contributed by atoms with E-state index in [1.807, 2.05) is 29.8 Å². The topological polar surface area (TPSA) is 78.8 Å². The first-order chi connectivity index (χ1) is 10.1. The van der Waals surface area contributed by atoms with Crippen molar-refractivity contribution in [1.82, 2.24) is 20.2 Å². The summed E-state index contributed by atoms with van der Waals surface area (Å²) in [6.07, 6.45) is 3.46. The van der Waals surface area contributed by atoms with Crippen molar-refractivity contribution < 1.29 is 4.74 Å². The second kappa shape index (κ2) is 5.44. The van der Waals surface area contributed by atoms with Crippen LogP contribution in [-0.4, -0.2) is 33.9 Å². The molecular formula is C15H21N5O. The second-order valence-corrected chi connectivity index (χ2v) is 5.99. The van der Waals surface area contributed by atoms with E-state index in [0.717, 1.165) is 36.5 Å². The molecule has 1 heterocycles. The van der Waals surface area contributed by atoms with Gasteiger partial charge in [-0.2, -0.15) is 0 Å². The summed E-state index contributed by atoms with van der Waals surface area (Å²) in [6.45, 7) is 3.65. The average molecular weight is 287 g/mol. The van der Waals surface area contributed by atoms with Crippen molar-refractivity contribution in [3.63, 3.8) is 0 Å². The van der Waals surface area contributed by atoms with E-state index in [1.165, 1.54) is 12.8 Å². The number of anilines is 1. The Hall–Kier alpha value is -1.95. The third-order valence-electron chi connectivity index (χ3n) is 4.26. The molecule has 0 unspecified atom stereocenters. The van der Waals surface area contributed by atoms with Gasteiger partial charge in [0.15, 0.2) is 5.82 Å². The van der Waals surface area contributed by atoms with E-state index in [4.69, 9.17) is 10.5 Å². The van der Waals surface area contributed by atoms with Crippen LogP contribution in [0.5, 0.6) is 0 Å². The molecule has 0 spiro atoms. The van der Waals surface area contributed by atoms with E-state index in [1.54, 1.807) is 7.11 Å². The van der Waals surface area contributed by atoms with E-state index in [2.05, 4.69) is 15.5 Å². The number of aromatic nitrogens is 4. The Labute approximate surface area is 124 Å². The van der Waals surface area contributed by atoms with Gasteiger partial charge in [0.2, 0.25) is 0 Å². The Morgan fingerprint density at radius 1 is 1.38 bits per heavy atom. The molecule has 2 aromatic rings. The lowest BCUT2D eigenvalue weighted by Gasteiger charge is -2.15. The minimum Gasteiger partial charge on any atom is -0.398 e. The molecule has 6 heteroatoms. The van der Waals surface area contributed by atoms with Gasteiger partial charge in [-0.25, -0.2) is 4.68 Å². The van der Waals surface area contributed by atoms with E-state index < -0.39 is 0 Å². The van der Waals surface area contributed by atoms with Gasteiger partial charge in [0, 0.05) is 25.0 Å². The van der Waals surface area contributed by atoms with Crippen LogP contribution in [0.2, 0.25) is 0 Å². The number of methoxy groups -OCH3 is 1. The average Bonchev–Trinajstić information content (AvgIpc) is 3.08. The Kier molecular flexibility index (Phi) is 3.63.